The molecule has 0 bridgehead atoms. The smallest absolute Gasteiger partial charge is 0.250 e. The number of nitrogens with zero attached hydrogens (tertiary/aromatic N) is 1. The van der Waals surface area contributed by atoms with Crippen molar-refractivity contribution in [1.82, 2.24) is 4.90 Å². The number of ether oxygens (including phenoxy) is 2. The molecule has 0 unspecified atom stereocenters. The quantitative estimate of drug-likeness (QED) is 0.696. The maximum atomic E-state index is 12.5. The third-order valence-electron chi connectivity index (χ3n) is 6.00. The van der Waals surface area contributed by atoms with Gasteiger partial charge in [-0.1, -0.05) is 6.42 Å². The van der Waals surface area contributed by atoms with Gasteiger partial charge in [-0.2, -0.15) is 0 Å². The molecule has 2 aliphatic heterocycles. The maximum absolute atomic E-state index is 12.5. The fourth-order valence-electron chi connectivity index (χ4n) is 4.65. The molecule has 7 nitrogen and oxygen atoms in total. The summed E-state index contributed by atoms with van der Waals surface area (Å²) in [7, 11) is 3.00. The molecule has 2 atom stereocenters. The normalized spacial score (nSPS) is 21.9. The van der Waals surface area contributed by atoms with Crippen LogP contribution in [0.5, 0.6) is 5.75 Å². The number of nitrogens with one attached hydrogen (secondary N) is 2. The first-order valence-electron chi connectivity index (χ1n) is 10.6. The number of benzene rings is 1. The van der Waals surface area contributed by atoms with E-state index in [1.807, 2.05) is 0 Å². The van der Waals surface area contributed by atoms with Crippen LogP contribution in [-0.4, -0.2) is 56.7 Å². The first-order chi connectivity index (χ1) is 14.1. The summed E-state index contributed by atoms with van der Waals surface area (Å²) in [6, 6.07) is 5.90. The molecule has 2 aliphatic rings. The van der Waals surface area contributed by atoms with Crippen molar-refractivity contribution in [3.8, 4) is 5.75 Å². The van der Waals surface area contributed by atoms with Crippen molar-refractivity contribution in [3.63, 3.8) is 0 Å². The van der Waals surface area contributed by atoms with E-state index in [4.69, 9.17) is 9.47 Å². The average Bonchev–Trinajstić information content (AvgIpc) is 2.72. The predicted molar refractivity (Wildman–Crippen MR) is 113 cm³/mol. The third-order valence-corrected chi connectivity index (χ3v) is 6.00. The zero-order chi connectivity index (χ0) is 20.6. The van der Waals surface area contributed by atoms with E-state index in [1.54, 1.807) is 18.2 Å². The zero-order valence-electron chi connectivity index (χ0n) is 17.5. The molecule has 2 N–H and O–H groups in total. The number of methoxy groups -OCH3 is 2. The first-order valence-corrected chi connectivity index (χ1v) is 10.6. The van der Waals surface area contributed by atoms with Gasteiger partial charge in [0.2, 0.25) is 11.8 Å². The maximum Gasteiger partial charge on any atom is 0.250 e. The highest BCUT2D eigenvalue weighted by atomic mass is 16.5. The van der Waals surface area contributed by atoms with Crippen LogP contribution >= 0.6 is 0 Å². The molecule has 0 aromatic heterocycles. The Morgan fingerprint density at radius 2 is 1.90 bits per heavy atom. The van der Waals surface area contributed by atoms with E-state index in [0.29, 0.717) is 35.5 Å². The number of piperidine rings is 2. The van der Waals surface area contributed by atoms with Gasteiger partial charge in [-0.3, -0.25) is 9.59 Å². The third kappa shape index (κ3) is 5.93. The summed E-state index contributed by atoms with van der Waals surface area (Å²) >= 11 is 0. The number of carbonyl (C=O) groups is 2. The molecule has 2 heterocycles. The van der Waals surface area contributed by atoms with E-state index >= 15 is 0 Å². The van der Waals surface area contributed by atoms with Gasteiger partial charge in [0, 0.05) is 25.3 Å². The van der Waals surface area contributed by atoms with Gasteiger partial charge >= 0.3 is 0 Å². The van der Waals surface area contributed by atoms with Crippen LogP contribution in [-0.2, 0) is 14.3 Å². The summed E-state index contributed by atoms with van der Waals surface area (Å²) in [6.45, 7) is 2.40. The molecule has 2 fully saturated rings. The van der Waals surface area contributed by atoms with E-state index in [0.717, 1.165) is 6.42 Å². The van der Waals surface area contributed by atoms with Crippen molar-refractivity contribution < 1.29 is 19.1 Å². The summed E-state index contributed by atoms with van der Waals surface area (Å²) in [5.41, 5.74) is 1.16. The molecule has 0 spiro atoms. The molecule has 1 aromatic rings. The monoisotopic (exact) mass is 403 g/mol. The molecule has 7 heteroatoms. The number of rotatable bonds is 8. The second kappa shape index (κ2) is 10.6. The van der Waals surface area contributed by atoms with Gasteiger partial charge in [0.25, 0.3) is 0 Å². The van der Waals surface area contributed by atoms with Gasteiger partial charge in [0.15, 0.2) is 0 Å². The molecular formula is C22H33N3O4. The van der Waals surface area contributed by atoms with Gasteiger partial charge in [-0.25, -0.2) is 0 Å². The lowest BCUT2D eigenvalue weighted by molar-refractivity contribution is -0.119. The van der Waals surface area contributed by atoms with E-state index in [2.05, 4.69) is 15.5 Å². The molecule has 29 heavy (non-hydrogen) atoms. The highest BCUT2D eigenvalue weighted by Crippen LogP contribution is 2.33. The minimum atomic E-state index is -0.274. The molecule has 2 amide bonds. The zero-order valence-corrected chi connectivity index (χ0v) is 17.5. The summed E-state index contributed by atoms with van der Waals surface area (Å²) in [5, 5.41) is 5.70. The summed E-state index contributed by atoms with van der Waals surface area (Å²) in [4.78, 5) is 27.0. The van der Waals surface area contributed by atoms with Gasteiger partial charge in [0.1, 0.15) is 12.4 Å². The van der Waals surface area contributed by atoms with Crippen LogP contribution in [0.25, 0.3) is 0 Å². The number of fused-ring (bicyclic) bond motifs is 1. The van der Waals surface area contributed by atoms with Gasteiger partial charge in [-0.15, -0.1) is 0 Å². The molecule has 0 saturated carbocycles. The van der Waals surface area contributed by atoms with Crippen LogP contribution in [0, 0.1) is 5.92 Å². The Hall–Kier alpha value is -2.12. The van der Waals surface area contributed by atoms with Crippen LogP contribution in [0.3, 0.4) is 0 Å². The lowest BCUT2D eigenvalue weighted by Crippen LogP contribution is -2.48. The summed E-state index contributed by atoms with van der Waals surface area (Å²) < 4.78 is 10.1. The fourth-order valence-corrected chi connectivity index (χ4v) is 4.65. The summed E-state index contributed by atoms with van der Waals surface area (Å²) in [5.74, 6) is 0.891. The van der Waals surface area contributed by atoms with E-state index < -0.39 is 0 Å². The fraction of sp³-hybridized carbons (Fsp3) is 0.636. The number of anilines is 2. The number of hydrogen-bond acceptors (Lipinski definition) is 5. The number of carbonyl (C=O) groups excluding carboxylic acids is 2. The molecule has 1 aromatic carbocycles. The molecule has 3 rings (SSSR count). The second-order valence-electron chi connectivity index (χ2n) is 7.98. The minimum Gasteiger partial charge on any atom is -0.495 e. The lowest BCUT2D eigenvalue weighted by atomic mass is 9.81. The van der Waals surface area contributed by atoms with Gasteiger partial charge in [0.05, 0.1) is 12.8 Å². The van der Waals surface area contributed by atoms with Crippen molar-refractivity contribution >= 4 is 23.2 Å². The number of amides is 2. The van der Waals surface area contributed by atoms with Crippen LogP contribution in [0.1, 0.15) is 44.9 Å². The van der Waals surface area contributed by atoms with Gasteiger partial charge in [-0.05, 0) is 69.3 Å². The molecule has 2 saturated heterocycles. The Bertz CT molecular complexity index is 707. The first kappa shape index (κ1) is 21.6. The van der Waals surface area contributed by atoms with Crippen molar-refractivity contribution in [2.24, 2.45) is 5.92 Å². The SMILES string of the molecule is COCC(=O)Nc1cc(NC(=O)CC[C@@H]2CCCN3CCCC[C@H]23)ccc1OC. The van der Waals surface area contributed by atoms with Crippen molar-refractivity contribution in [2.75, 3.05) is 44.5 Å². The topological polar surface area (TPSA) is 79.9 Å². The lowest BCUT2D eigenvalue weighted by Gasteiger charge is -2.44. The van der Waals surface area contributed by atoms with Crippen LogP contribution in [0.2, 0.25) is 0 Å². The highest BCUT2D eigenvalue weighted by molar-refractivity contribution is 5.96. The summed E-state index contributed by atoms with van der Waals surface area (Å²) in [6.07, 6.45) is 7.82. The van der Waals surface area contributed by atoms with Crippen LogP contribution in [0.4, 0.5) is 11.4 Å². The molecule has 160 valence electrons. The predicted octanol–water partition coefficient (Wildman–Crippen LogP) is 3.26. The molecule has 0 radical (unpaired) electrons. The average molecular weight is 404 g/mol. The highest BCUT2D eigenvalue weighted by Gasteiger charge is 2.32. The molecular weight excluding hydrogens is 370 g/mol. The van der Waals surface area contributed by atoms with E-state index in [9.17, 15) is 9.59 Å². The largest absolute Gasteiger partial charge is 0.495 e. The van der Waals surface area contributed by atoms with Crippen LogP contribution in [0.15, 0.2) is 18.2 Å². The Balaban J connectivity index is 1.55. The Morgan fingerprint density at radius 3 is 2.69 bits per heavy atom. The van der Waals surface area contributed by atoms with E-state index in [-0.39, 0.29) is 18.4 Å². The van der Waals surface area contributed by atoms with E-state index in [1.165, 1.54) is 59.4 Å². The van der Waals surface area contributed by atoms with Crippen molar-refractivity contribution in [3.05, 3.63) is 18.2 Å². The van der Waals surface area contributed by atoms with Crippen LogP contribution < -0.4 is 15.4 Å². The van der Waals surface area contributed by atoms with Gasteiger partial charge < -0.3 is 25.0 Å². The Labute approximate surface area is 173 Å². The van der Waals surface area contributed by atoms with Crippen molar-refractivity contribution in [2.45, 2.75) is 51.0 Å². The molecule has 0 aliphatic carbocycles. The Kier molecular flexibility index (Phi) is 7.89. The Morgan fingerprint density at radius 1 is 1.07 bits per heavy atom. The van der Waals surface area contributed by atoms with Crippen molar-refractivity contribution in [1.29, 1.82) is 0 Å². The minimum absolute atomic E-state index is 0.0114. The second-order valence-corrected chi connectivity index (χ2v) is 7.98. The standard InChI is InChI=1S/C22H33N3O4/c1-28-15-22(27)24-18-14-17(9-10-20(18)29-2)23-21(26)11-8-16-6-5-13-25-12-4-3-7-19(16)25/h9-10,14,16,19H,3-8,11-13,15H2,1-2H3,(H,23,26)(H,24,27)/t16-,19+/m0/s1. The number of hydrogen-bond donors (Lipinski definition) is 2.